The SMILES string of the molecule is CCN1CCC(c2nnc3n2CCCC3C)C1. The minimum atomic E-state index is 0.591. The maximum atomic E-state index is 4.49. The molecule has 4 heteroatoms. The summed E-state index contributed by atoms with van der Waals surface area (Å²) in [5.74, 6) is 3.68. The molecule has 1 aromatic rings. The quantitative estimate of drug-likeness (QED) is 0.784. The van der Waals surface area contributed by atoms with Crippen LogP contribution in [0.3, 0.4) is 0 Å². The molecule has 0 saturated carbocycles. The number of fused-ring (bicyclic) bond motifs is 1. The molecule has 3 rings (SSSR count). The predicted octanol–water partition coefficient (Wildman–Crippen LogP) is 1.98. The first-order valence-electron chi connectivity index (χ1n) is 6.95. The molecule has 4 nitrogen and oxygen atoms in total. The summed E-state index contributed by atoms with van der Waals surface area (Å²) in [7, 11) is 0. The van der Waals surface area contributed by atoms with Gasteiger partial charge < -0.3 is 9.47 Å². The lowest BCUT2D eigenvalue weighted by Gasteiger charge is -2.22. The van der Waals surface area contributed by atoms with Gasteiger partial charge in [-0.3, -0.25) is 0 Å². The molecular weight excluding hydrogens is 212 g/mol. The minimum Gasteiger partial charge on any atom is -0.314 e. The van der Waals surface area contributed by atoms with Crippen LogP contribution in [0.5, 0.6) is 0 Å². The van der Waals surface area contributed by atoms with E-state index in [2.05, 4.69) is 33.5 Å². The zero-order chi connectivity index (χ0) is 11.8. The summed E-state index contributed by atoms with van der Waals surface area (Å²) >= 11 is 0. The minimum absolute atomic E-state index is 0.591. The lowest BCUT2D eigenvalue weighted by molar-refractivity contribution is 0.350. The van der Waals surface area contributed by atoms with Crippen LogP contribution in [0.15, 0.2) is 0 Å². The molecule has 0 amide bonds. The Balaban J connectivity index is 1.85. The van der Waals surface area contributed by atoms with Crippen LogP contribution in [0.2, 0.25) is 0 Å². The second-order valence-corrected chi connectivity index (χ2v) is 5.49. The molecular formula is C13H22N4. The van der Waals surface area contributed by atoms with E-state index in [0.717, 1.165) is 13.1 Å². The normalized spacial score (nSPS) is 29.5. The fourth-order valence-electron chi connectivity index (χ4n) is 3.24. The Labute approximate surface area is 103 Å². The van der Waals surface area contributed by atoms with Gasteiger partial charge in [-0.05, 0) is 32.4 Å². The molecule has 94 valence electrons. The van der Waals surface area contributed by atoms with Gasteiger partial charge in [-0.25, -0.2) is 0 Å². The summed E-state index contributed by atoms with van der Waals surface area (Å²) in [4.78, 5) is 2.51. The Kier molecular flexibility index (Phi) is 2.90. The predicted molar refractivity (Wildman–Crippen MR) is 67.1 cm³/mol. The molecule has 0 N–H and O–H groups in total. The van der Waals surface area contributed by atoms with Gasteiger partial charge in [0.2, 0.25) is 0 Å². The molecule has 2 atom stereocenters. The number of hydrogen-bond acceptors (Lipinski definition) is 3. The van der Waals surface area contributed by atoms with Crippen molar-refractivity contribution in [2.75, 3.05) is 19.6 Å². The lowest BCUT2D eigenvalue weighted by atomic mass is 10.0. The maximum absolute atomic E-state index is 4.49. The molecule has 0 aromatic carbocycles. The van der Waals surface area contributed by atoms with Crippen molar-refractivity contribution < 1.29 is 0 Å². The highest BCUT2D eigenvalue weighted by Crippen LogP contribution is 2.31. The van der Waals surface area contributed by atoms with Crippen molar-refractivity contribution in [1.29, 1.82) is 0 Å². The van der Waals surface area contributed by atoms with Crippen LogP contribution in [-0.2, 0) is 6.54 Å². The van der Waals surface area contributed by atoms with Gasteiger partial charge in [0.1, 0.15) is 11.6 Å². The van der Waals surface area contributed by atoms with E-state index in [9.17, 15) is 0 Å². The number of likely N-dealkylation sites (N-methyl/N-ethyl adjacent to an activating group) is 1. The van der Waals surface area contributed by atoms with Crippen LogP contribution in [-0.4, -0.2) is 39.3 Å². The molecule has 1 fully saturated rings. The molecule has 2 aliphatic rings. The van der Waals surface area contributed by atoms with E-state index in [1.54, 1.807) is 0 Å². The van der Waals surface area contributed by atoms with Crippen molar-refractivity contribution in [2.24, 2.45) is 0 Å². The van der Waals surface area contributed by atoms with Gasteiger partial charge in [-0.1, -0.05) is 13.8 Å². The highest BCUT2D eigenvalue weighted by molar-refractivity contribution is 5.09. The second kappa shape index (κ2) is 4.41. The van der Waals surface area contributed by atoms with E-state index in [0.29, 0.717) is 11.8 Å². The van der Waals surface area contributed by atoms with Crippen LogP contribution >= 0.6 is 0 Å². The topological polar surface area (TPSA) is 34.0 Å². The molecule has 3 heterocycles. The molecule has 0 spiro atoms. The van der Waals surface area contributed by atoms with Crippen molar-refractivity contribution >= 4 is 0 Å². The van der Waals surface area contributed by atoms with Gasteiger partial charge in [0.05, 0.1) is 0 Å². The first kappa shape index (κ1) is 11.2. The summed E-state index contributed by atoms with van der Waals surface area (Å²) in [5, 5.41) is 8.91. The molecule has 17 heavy (non-hydrogen) atoms. The van der Waals surface area contributed by atoms with Gasteiger partial charge in [0, 0.05) is 24.9 Å². The summed E-state index contributed by atoms with van der Waals surface area (Å²) in [6.07, 6.45) is 3.80. The van der Waals surface area contributed by atoms with Crippen molar-refractivity contribution in [3.63, 3.8) is 0 Å². The molecule has 1 saturated heterocycles. The first-order valence-corrected chi connectivity index (χ1v) is 6.95. The fourth-order valence-corrected chi connectivity index (χ4v) is 3.24. The molecule has 0 bridgehead atoms. The molecule has 1 aromatic heterocycles. The standard InChI is InChI=1S/C13H22N4/c1-3-16-8-6-11(9-16)13-15-14-12-10(2)5-4-7-17(12)13/h10-11H,3-9H2,1-2H3. The van der Waals surface area contributed by atoms with Crippen molar-refractivity contribution in [1.82, 2.24) is 19.7 Å². The molecule has 2 aliphatic heterocycles. The van der Waals surface area contributed by atoms with Crippen LogP contribution in [0, 0.1) is 0 Å². The van der Waals surface area contributed by atoms with Crippen molar-refractivity contribution in [3.8, 4) is 0 Å². The van der Waals surface area contributed by atoms with E-state index < -0.39 is 0 Å². The highest BCUT2D eigenvalue weighted by Gasteiger charge is 2.30. The average Bonchev–Trinajstić information content (AvgIpc) is 2.94. The lowest BCUT2D eigenvalue weighted by Crippen LogP contribution is -2.21. The van der Waals surface area contributed by atoms with Crippen molar-refractivity contribution in [3.05, 3.63) is 11.6 Å². The molecule has 0 aliphatic carbocycles. The van der Waals surface area contributed by atoms with Crippen LogP contribution in [0.25, 0.3) is 0 Å². The van der Waals surface area contributed by atoms with E-state index in [1.807, 2.05) is 0 Å². The Hall–Kier alpha value is -0.900. The first-order chi connectivity index (χ1) is 8.29. The van der Waals surface area contributed by atoms with Gasteiger partial charge in [0.15, 0.2) is 0 Å². The third-order valence-corrected chi connectivity index (χ3v) is 4.35. The average molecular weight is 234 g/mol. The van der Waals surface area contributed by atoms with E-state index in [1.165, 1.54) is 44.0 Å². The number of hydrogen-bond donors (Lipinski definition) is 0. The van der Waals surface area contributed by atoms with Gasteiger partial charge in [-0.2, -0.15) is 0 Å². The fraction of sp³-hybridized carbons (Fsp3) is 0.846. The van der Waals surface area contributed by atoms with Crippen LogP contribution < -0.4 is 0 Å². The number of nitrogens with zero attached hydrogens (tertiary/aromatic N) is 4. The van der Waals surface area contributed by atoms with Gasteiger partial charge in [-0.15, -0.1) is 10.2 Å². The number of likely N-dealkylation sites (tertiary alicyclic amines) is 1. The van der Waals surface area contributed by atoms with Crippen LogP contribution in [0.4, 0.5) is 0 Å². The Morgan fingerprint density at radius 2 is 2.00 bits per heavy atom. The second-order valence-electron chi connectivity index (χ2n) is 5.49. The zero-order valence-corrected chi connectivity index (χ0v) is 10.9. The summed E-state index contributed by atoms with van der Waals surface area (Å²) < 4.78 is 2.40. The van der Waals surface area contributed by atoms with E-state index in [4.69, 9.17) is 0 Å². The van der Waals surface area contributed by atoms with Gasteiger partial charge in [0.25, 0.3) is 0 Å². The maximum Gasteiger partial charge on any atom is 0.137 e. The molecule has 0 radical (unpaired) electrons. The summed E-state index contributed by atoms with van der Waals surface area (Å²) in [6.45, 7) is 9.20. The number of aromatic nitrogens is 3. The highest BCUT2D eigenvalue weighted by atomic mass is 15.3. The summed E-state index contributed by atoms with van der Waals surface area (Å²) in [5.41, 5.74) is 0. The Bertz CT molecular complexity index is 398. The largest absolute Gasteiger partial charge is 0.314 e. The Morgan fingerprint density at radius 1 is 1.18 bits per heavy atom. The monoisotopic (exact) mass is 234 g/mol. The zero-order valence-electron chi connectivity index (χ0n) is 10.9. The van der Waals surface area contributed by atoms with Crippen molar-refractivity contribution in [2.45, 2.75) is 51.5 Å². The third-order valence-electron chi connectivity index (χ3n) is 4.35. The van der Waals surface area contributed by atoms with Gasteiger partial charge >= 0.3 is 0 Å². The summed E-state index contributed by atoms with van der Waals surface area (Å²) in [6, 6.07) is 0. The number of rotatable bonds is 2. The van der Waals surface area contributed by atoms with E-state index in [-0.39, 0.29) is 0 Å². The third kappa shape index (κ3) is 1.88. The molecule has 2 unspecified atom stereocenters. The Morgan fingerprint density at radius 3 is 2.76 bits per heavy atom. The van der Waals surface area contributed by atoms with E-state index >= 15 is 0 Å². The smallest absolute Gasteiger partial charge is 0.137 e. The van der Waals surface area contributed by atoms with Crippen LogP contribution in [0.1, 0.15) is 56.6 Å².